The summed E-state index contributed by atoms with van der Waals surface area (Å²) in [6, 6.07) is 13.1. The number of benzene rings is 2. The zero-order valence-electron chi connectivity index (χ0n) is 14.1. The van der Waals surface area contributed by atoms with Crippen molar-refractivity contribution in [2.45, 2.75) is 32.9 Å². The van der Waals surface area contributed by atoms with Gasteiger partial charge < -0.3 is 14.8 Å². The van der Waals surface area contributed by atoms with E-state index in [-0.39, 0.29) is 17.8 Å². The lowest BCUT2D eigenvalue weighted by Gasteiger charge is -2.19. The molecule has 0 saturated carbocycles. The maximum atomic E-state index is 12.9. The smallest absolute Gasteiger partial charge is 0.261 e. The molecule has 24 heavy (non-hydrogen) atoms. The Balaban J connectivity index is 1.80. The Bertz CT molecular complexity index is 673. The van der Waals surface area contributed by atoms with Gasteiger partial charge in [0.05, 0.1) is 6.04 Å². The van der Waals surface area contributed by atoms with Crippen molar-refractivity contribution in [3.63, 3.8) is 0 Å². The summed E-state index contributed by atoms with van der Waals surface area (Å²) in [7, 11) is 0. The van der Waals surface area contributed by atoms with Crippen LogP contribution in [0.3, 0.4) is 0 Å². The van der Waals surface area contributed by atoms with Crippen LogP contribution in [0.4, 0.5) is 4.39 Å². The summed E-state index contributed by atoms with van der Waals surface area (Å²) < 4.78 is 24.1. The van der Waals surface area contributed by atoms with Gasteiger partial charge in [-0.3, -0.25) is 4.79 Å². The second-order valence-corrected chi connectivity index (χ2v) is 5.70. The van der Waals surface area contributed by atoms with E-state index in [1.54, 1.807) is 6.92 Å². The average molecular weight is 331 g/mol. The summed E-state index contributed by atoms with van der Waals surface area (Å²) in [5, 5.41) is 2.84. The van der Waals surface area contributed by atoms with Crippen LogP contribution in [0.25, 0.3) is 0 Å². The number of carbonyl (C=O) groups excluding carboxylic acids is 1. The molecule has 5 heteroatoms. The maximum absolute atomic E-state index is 12.9. The lowest BCUT2D eigenvalue weighted by molar-refractivity contribution is -0.128. The fraction of sp³-hybridized carbons (Fsp3) is 0.316. The van der Waals surface area contributed by atoms with Crippen molar-refractivity contribution < 1.29 is 18.7 Å². The maximum Gasteiger partial charge on any atom is 0.261 e. The van der Waals surface area contributed by atoms with Gasteiger partial charge in [0, 0.05) is 0 Å². The molecule has 1 amide bonds. The Morgan fingerprint density at radius 2 is 1.79 bits per heavy atom. The second-order valence-electron chi connectivity index (χ2n) is 5.70. The first kappa shape index (κ1) is 17.8. The molecule has 2 atom stereocenters. The van der Waals surface area contributed by atoms with Crippen LogP contribution >= 0.6 is 0 Å². The van der Waals surface area contributed by atoms with Gasteiger partial charge in [-0.05, 0) is 56.7 Å². The van der Waals surface area contributed by atoms with Gasteiger partial charge in [0.2, 0.25) is 0 Å². The molecule has 0 aromatic heterocycles. The van der Waals surface area contributed by atoms with E-state index >= 15 is 0 Å². The summed E-state index contributed by atoms with van der Waals surface area (Å²) in [5.74, 6) is 0.652. The summed E-state index contributed by atoms with van der Waals surface area (Å²) in [6.45, 7) is 5.84. The highest BCUT2D eigenvalue weighted by Crippen LogP contribution is 2.16. The molecule has 0 radical (unpaired) electrons. The van der Waals surface area contributed by atoms with Gasteiger partial charge in [-0.2, -0.15) is 0 Å². The standard InChI is InChI=1S/C19H22FNO3/c1-13-6-4-5-7-18(13)23-12-14(2)21-19(22)15(3)24-17-10-8-16(20)9-11-17/h4-11,14-15H,12H2,1-3H3,(H,21,22)/t14-,15+/m0/s1. The number of halogens is 1. The highest BCUT2D eigenvalue weighted by molar-refractivity contribution is 5.80. The van der Waals surface area contributed by atoms with E-state index in [1.165, 1.54) is 24.3 Å². The third-order valence-electron chi connectivity index (χ3n) is 3.47. The number of rotatable bonds is 7. The molecule has 4 nitrogen and oxygen atoms in total. The second kappa shape index (κ2) is 8.34. The highest BCUT2D eigenvalue weighted by atomic mass is 19.1. The average Bonchev–Trinajstić information content (AvgIpc) is 2.56. The third kappa shape index (κ3) is 5.26. The van der Waals surface area contributed by atoms with Crippen molar-refractivity contribution in [2.75, 3.05) is 6.61 Å². The number of hydrogen-bond donors (Lipinski definition) is 1. The predicted molar refractivity (Wildman–Crippen MR) is 90.8 cm³/mol. The first-order valence-corrected chi connectivity index (χ1v) is 7.86. The lowest BCUT2D eigenvalue weighted by atomic mass is 10.2. The van der Waals surface area contributed by atoms with E-state index in [9.17, 15) is 9.18 Å². The number of nitrogens with one attached hydrogen (secondary N) is 1. The molecule has 2 rings (SSSR count). The van der Waals surface area contributed by atoms with Crippen LogP contribution in [-0.4, -0.2) is 24.7 Å². The van der Waals surface area contributed by atoms with Crippen molar-refractivity contribution in [1.29, 1.82) is 0 Å². The Morgan fingerprint density at radius 3 is 2.46 bits per heavy atom. The molecule has 0 aliphatic carbocycles. The van der Waals surface area contributed by atoms with Gasteiger partial charge in [0.15, 0.2) is 6.10 Å². The number of hydrogen-bond acceptors (Lipinski definition) is 3. The minimum Gasteiger partial charge on any atom is -0.491 e. The minimum atomic E-state index is -0.684. The molecule has 0 saturated heterocycles. The molecule has 0 aliphatic rings. The van der Waals surface area contributed by atoms with Crippen LogP contribution in [0.15, 0.2) is 48.5 Å². The van der Waals surface area contributed by atoms with Crippen LogP contribution in [0.1, 0.15) is 19.4 Å². The van der Waals surface area contributed by atoms with Crippen molar-refractivity contribution in [1.82, 2.24) is 5.32 Å². The summed E-state index contributed by atoms with van der Waals surface area (Å²) in [4.78, 5) is 12.1. The van der Waals surface area contributed by atoms with Gasteiger partial charge >= 0.3 is 0 Å². The van der Waals surface area contributed by atoms with E-state index in [4.69, 9.17) is 9.47 Å². The molecule has 2 aromatic carbocycles. The number of ether oxygens (including phenoxy) is 2. The Labute approximate surface area is 141 Å². The summed E-state index contributed by atoms with van der Waals surface area (Å²) >= 11 is 0. The monoisotopic (exact) mass is 331 g/mol. The summed E-state index contributed by atoms with van der Waals surface area (Å²) in [5.41, 5.74) is 1.05. The van der Waals surface area contributed by atoms with E-state index in [0.29, 0.717) is 12.4 Å². The molecule has 0 spiro atoms. The van der Waals surface area contributed by atoms with Gasteiger partial charge in [-0.25, -0.2) is 4.39 Å². The van der Waals surface area contributed by atoms with Crippen LogP contribution in [0, 0.1) is 12.7 Å². The normalized spacial score (nSPS) is 13.0. The van der Waals surface area contributed by atoms with E-state index in [0.717, 1.165) is 11.3 Å². The van der Waals surface area contributed by atoms with E-state index in [1.807, 2.05) is 38.1 Å². The zero-order valence-corrected chi connectivity index (χ0v) is 14.1. The van der Waals surface area contributed by atoms with Gasteiger partial charge in [0.1, 0.15) is 23.9 Å². The van der Waals surface area contributed by atoms with E-state index < -0.39 is 6.10 Å². The van der Waals surface area contributed by atoms with Crippen molar-refractivity contribution in [3.8, 4) is 11.5 Å². The van der Waals surface area contributed by atoms with Gasteiger partial charge in [-0.1, -0.05) is 18.2 Å². The Kier molecular flexibility index (Phi) is 6.18. The molecule has 0 fully saturated rings. The van der Waals surface area contributed by atoms with Gasteiger partial charge in [0.25, 0.3) is 5.91 Å². The molecule has 0 unspecified atom stereocenters. The quantitative estimate of drug-likeness (QED) is 0.845. The summed E-state index contributed by atoms with van der Waals surface area (Å²) in [6.07, 6.45) is -0.684. The number of amides is 1. The molecule has 2 aromatic rings. The Hall–Kier alpha value is -2.56. The van der Waals surface area contributed by atoms with Crippen LogP contribution in [0.2, 0.25) is 0 Å². The predicted octanol–water partition coefficient (Wildman–Crippen LogP) is 3.49. The highest BCUT2D eigenvalue weighted by Gasteiger charge is 2.17. The first-order chi connectivity index (χ1) is 11.5. The largest absolute Gasteiger partial charge is 0.491 e. The molecular formula is C19H22FNO3. The van der Waals surface area contributed by atoms with Crippen molar-refractivity contribution in [3.05, 3.63) is 59.9 Å². The molecular weight excluding hydrogens is 309 g/mol. The molecule has 0 bridgehead atoms. The Morgan fingerprint density at radius 1 is 1.12 bits per heavy atom. The number of carbonyl (C=O) groups is 1. The van der Waals surface area contributed by atoms with Crippen molar-refractivity contribution in [2.24, 2.45) is 0 Å². The van der Waals surface area contributed by atoms with Gasteiger partial charge in [-0.15, -0.1) is 0 Å². The van der Waals surface area contributed by atoms with E-state index in [2.05, 4.69) is 5.32 Å². The molecule has 0 heterocycles. The van der Waals surface area contributed by atoms with Crippen LogP contribution < -0.4 is 14.8 Å². The number of aryl methyl sites for hydroxylation is 1. The van der Waals surface area contributed by atoms with Crippen LogP contribution in [0.5, 0.6) is 11.5 Å². The molecule has 1 N–H and O–H groups in total. The van der Waals surface area contributed by atoms with Crippen molar-refractivity contribution >= 4 is 5.91 Å². The first-order valence-electron chi connectivity index (χ1n) is 7.86. The lowest BCUT2D eigenvalue weighted by Crippen LogP contribution is -2.43. The molecule has 0 aliphatic heterocycles. The molecule has 128 valence electrons. The third-order valence-corrected chi connectivity index (χ3v) is 3.47. The number of para-hydroxylation sites is 1. The zero-order chi connectivity index (χ0) is 17.5. The SMILES string of the molecule is Cc1ccccc1OC[C@H](C)NC(=O)[C@@H](C)Oc1ccc(F)cc1. The topological polar surface area (TPSA) is 47.6 Å². The fourth-order valence-electron chi connectivity index (χ4n) is 2.11. The van der Waals surface area contributed by atoms with Crippen LogP contribution in [-0.2, 0) is 4.79 Å². The fourth-order valence-corrected chi connectivity index (χ4v) is 2.11. The minimum absolute atomic E-state index is 0.170.